The largest absolute Gasteiger partial charge is 2.00 e. The standard InChI is InChI=1S/2C6H4N2O2S5.2Zn/c2*9-2-1-3(10)8(6(14)15)4(11)7(2)5(12)13;;/h2*1H2,(H,12,13)(H,14,15);;/q;;2*+2/p-4. The van der Waals surface area contributed by atoms with E-state index in [1.165, 1.54) is 0 Å². The first kappa shape index (κ1) is 34.7. The van der Waals surface area contributed by atoms with E-state index < -0.39 is 23.6 Å². The van der Waals surface area contributed by atoms with Gasteiger partial charge in [0.05, 0.1) is 0 Å². The van der Waals surface area contributed by atoms with Gasteiger partial charge in [-0.15, -0.1) is 0 Å². The van der Waals surface area contributed by atoms with Crippen LogP contribution in [0.2, 0.25) is 0 Å². The van der Waals surface area contributed by atoms with Gasteiger partial charge in [-0.1, -0.05) is 0 Å². The summed E-state index contributed by atoms with van der Waals surface area (Å²) < 4.78 is -0.579. The van der Waals surface area contributed by atoms with Gasteiger partial charge < -0.3 is 99.4 Å². The molecule has 8 nitrogen and oxygen atoms in total. The molecule has 2 fully saturated rings. The van der Waals surface area contributed by atoms with Crippen molar-refractivity contribution in [3.63, 3.8) is 0 Å². The Morgan fingerprint density at radius 1 is 0.531 bits per heavy atom. The Morgan fingerprint density at radius 3 is 0.812 bits per heavy atom. The third-order valence-electron chi connectivity index (χ3n) is 3.10. The van der Waals surface area contributed by atoms with Gasteiger partial charge in [-0.25, -0.2) is 0 Å². The number of hydrogen-bond donors (Lipinski definition) is 0. The number of rotatable bonds is 0. The van der Waals surface area contributed by atoms with Gasteiger partial charge in [0, 0.05) is 0 Å². The minimum absolute atomic E-state index is 0. The predicted molar refractivity (Wildman–Crippen MR) is 142 cm³/mol. The summed E-state index contributed by atoms with van der Waals surface area (Å²) in [5.74, 6) is -2.19. The summed E-state index contributed by atoms with van der Waals surface area (Å²) >= 11 is 47.0. The van der Waals surface area contributed by atoms with E-state index in [9.17, 15) is 19.2 Å². The van der Waals surface area contributed by atoms with Crippen LogP contribution in [0.1, 0.15) is 12.8 Å². The minimum atomic E-state index is -0.549. The van der Waals surface area contributed by atoms with Crippen LogP contribution in [0.15, 0.2) is 0 Å². The number of amides is 4. The molecule has 0 saturated carbocycles. The van der Waals surface area contributed by atoms with Gasteiger partial charge in [0.25, 0.3) is 0 Å². The van der Waals surface area contributed by atoms with Crippen molar-refractivity contribution in [2.24, 2.45) is 0 Å². The van der Waals surface area contributed by atoms with Gasteiger partial charge >= 0.3 is 39.0 Å². The van der Waals surface area contributed by atoms with Crippen molar-refractivity contribution in [3.8, 4) is 0 Å². The Kier molecular flexibility index (Phi) is 16.1. The molecule has 2 aliphatic heterocycles. The second-order valence-electron chi connectivity index (χ2n) is 4.90. The second-order valence-corrected chi connectivity index (χ2v) is 9.76. The molecule has 32 heavy (non-hydrogen) atoms. The van der Waals surface area contributed by atoms with Gasteiger partial charge in [-0.3, -0.25) is 38.8 Å². The zero-order valence-corrected chi connectivity index (χ0v) is 29.4. The fourth-order valence-electron chi connectivity index (χ4n) is 1.92. The molecule has 20 heteroatoms. The Labute approximate surface area is 262 Å². The molecule has 0 atom stereocenters. The van der Waals surface area contributed by atoms with Gasteiger partial charge in [-0.05, 0) is 41.7 Å². The monoisotopic (exact) mass is 716 g/mol. The van der Waals surface area contributed by atoms with Crippen molar-refractivity contribution < 1.29 is 58.1 Å². The average molecular weight is 720 g/mol. The third-order valence-corrected chi connectivity index (χ3v) is 5.29. The van der Waals surface area contributed by atoms with Gasteiger partial charge in [0.2, 0.25) is 23.6 Å². The number of carbonyl (C=O) groups excluding carboxylic acids is 4. The summed E-state index contributed by atoms with van der Waals surface area (Å²) in [5.41, 5.74) is 0. The molecule has 0 spiro atoms. The van der Waals surface area contributed by atoms with Crippen molar-refractivity contribution in [3.05, 3.63) is 0 Å². The molecule has 0 unspecified atom stereocenters. The molecule has 2 aliphatic rings. The molecule has 2 rings (SSSR count). The van der Waals surface area contributed by atoms with Crippen molar-refractivity contribution in [2.45, 2.75) is 12.8 Å². The van der Waals surface area contributed by atoms with Gasteiger partial charge in [0.15, 0.2) is 10.2 Å². The topological polar surface area (TPSA) is 81.2 Å². The molecule has 4 amide bonds. The first-order chi connectivity index (χ1) is 13.7. The van der Waals surface area contributed by atoms with Crippen LogP contribution in [-0.2, 0) is 109 Å². The van der Waals surface area contributed by atoms with E-state index in [2.05, 4.69) is 99.4 Å². The Hall–Kier alpha value is 0.547. The van der Waals surface area contributed by atoms with Crippen molar-refractivity contribution in [1.29, 1.82) is 0 Å². The number of carbonyl (C=O) groups is 4. The van der Waals surface area contributed by atoms with Crippen LogP contribution >= 0.6 is 73.3 Å². The molecule has 2 heterocycles. The van der Waals surface area contributed by atoms with Crippen molar-refractivity contribution >= 4 is 175 Å². The van der Waals surface area contributed by atoms with E-state index in [-0.39, 0.29) is 79.3 Å². The van der Waals surface area contributed by atoms with Crippen LogP contribution in [0.4, 0.5) is 0 Å². The van der Waals surface area contributed by atoms with E-state index in [0.717, 1.165) is 19.6 Å². The number of nitrogens with zero attached hydrogens (tertiary/aromatic N) is 4. The molecular formula is C12H4N4O4S10Zn2. The van der Waals surface area contributed by atoms with E-state index >= 15 is 0 Å². The molecule has 0 aromatic heterocycles. The molecule has 2 saturated heterocycles. The molecule has 160 valence electrons. The van der Waals surface area contributed by atoms with Crippen LogP contribution in [0.5, 0.6) is 0 Å². The van der Waals surface area contributed by atoms with Gasteiger partial charge in [0.1, 0.15) is 12.8 Å². The summed E-state index contributed by atoms with van der Waals surface area (Å²) in [6.45, 7) is 0. The third kappa shape index (κ3) is 8.34. The van der Waals surface area contributed by atoms with Crippen LogP contribution in [0, 0.1) is 0 Å². The summed E-state index contributed by atoms with van der Waals surface area (Å²) in [7, 11) is 0. The molecular weight excluding hydrogens is 716 g/mol. The van der Waals surface area contributed by atoms with Crippen LogP contribution in [0.25, 0.3) is 0 Å². The summed E-state index contributed by atoms with van der Waals surface area (Å²) in [6, 6.07) is 0. The maximum absolute atomic E-state index is 11.4. The smallest absolute Gasteiger partial charge is 0.410 e. The zero-order valence-electron chi connectivity index (χ0n) is 15.3. The van der Waals surface area contributed by atoms with E-state index in [4.69, 9.17) is 24.4 Å². The zero-order chi connectivity index (χ0) is 23.5. The summed E-state index contributed by atoms with van der Waals surface area (Å²) in [5, 5.41) is -0.312. The fraction of sp³-hybridized carbons (Fsp3) is 0.167. The Balaban J connectivity index is 0. The minimum Gasteiger partial charge on any atom is -0.410 e. The van der Waals surface area contributed by atoms with Crippen LogP contribution in [-0.4, -0.2) is 70.7 Å². The van der Waals surface area contributed by atoms with Crippen molar-refractivity contribution in [2.75, 3.05) is 0 Å². The fourth-order valence-corrected chi connectivity index (χ4v) is 4.66. The maximum atomic E-state index is 11.4. The molecule has 0 aromatic carbocycles. The molecule has 0 aromatic rings. The van der Waals surface area contributed by atoms with E-state index in [1.54, 1.807) is 0 Å². The second kappa shape index (κ2) is 14.8. The number of thiocarbonyl (C=S) groups is 6. The maximum Gasteiger partial charge on any atom is 2.00 e. The molecule has 0 bridgehead atoms. The van der Waals surface area contributed by atoms with E-state index in [1.807, 2.05) is 0 Å². The Morgan fingerprint density at radius 2 is 0.688 bits per heavy atom. The predicted octanol–water partition coefficient (Wildman–Crippen LogP) is -0.0134. The SMILES string of the molecule is O=C1CC(=O)N(C(=S)[S-])C(=S)N1C(=S)[S-].O=C1CC(=O)N(C(=S)[S-])C(=S)N1C(=S)[S-].[Zn+2].[Zn+2]. The molecule has 0 radical (unpaired) electrons. The van der Waals surface area contributed by atoms with Crippen LogP contribution < -0.4 is 0 Å². The number of hydrogen-bond acceptors (Lipinski definition) is 14. The first-order valence-electron chi connectivity index (χ1n) is 6.96. The normalized spacial score (nSPS) is 15.9. The molecule has 0 aliphatic carbocycles. The van der Waals surface area contributed by atoms with E-state index in [0.29, 0.717) is 0 Å². The molecule has 0 N–H and O–H groups in total. The van der Waals surface area contributed by atoms with Crippen molar-refractivity contribution in [1.82, 2.24) is 19.6 Å². The summed E-state index contributed by atoms with van der Waals surface area (Å²) in [6.07, 6.45) is -0.763. The summed E-state index contributed by atoms with van der Waals surface area (Å²) in [4.78, 5) is 49.1. The quantitative estimate of drug-likeness (QED) is 0.146. The van der Waals surface area contributed by atoms with Gasteiger partial charge in [-0.2, -0.15) is 0 Å². The average Bonchev–Trinajstić information content (AvgIpc) is 2.52. The first-order valence-corrected chi connectivity index (χ1v) is 11.0. The Bertz CT molecular complexity index is 803. The van der Waals surface area contributed by atoms with Crippen LogP contribution in [0.3, 0.4) is 0 Å².